The normalized spacial score (nSPS) is 14.2. The van der Waals surface area contributed by atoms with Crippen molar-refractivity contribution in [3.05, 3.63) is 114 Å². The Morgan fingerprint density at radius 2 is 1.16 bits per heavy atom. The fourth-order valence-corrected chi connectivity index (χ4v) is 2.99. The van der Waals surface area contributed by atoms with Crippen LogP contribution >= 0.6 is 0 Å². The lowest BCUT2D eigenvalue weighted by Crippen LogP contribution is -2.35. The van der Waals surface area contributed by atoms with Crippen LogP contribution in [0, 0.1) is 0 Å². The van der Waals surface area contributed by atoms with Gasteiger partial charge in [0.05, 0.1) is 17.9 Å². The summed E-state index contributed by atoms with van der Waals surface area (Å²) in [5.74, 6) is 0. The van der Waals surface area contributed by atoms with E-state index >= 15 is 0 Å². The second-order valence-corrected chi connectivity index (χ2v) is 6.02. The molecule has 1 aliphatic heterocycles. The predicted molar refractivity (Wildman–Crippen MR) is 106 cm³/mol. The first-order valence-electron chi connectivity index (χ1n) is 8.51. The summed E-state index contributed by atoms with van der Waals surface area (Å²) in [4.78, 5) is 0. The molecule has 0 bridgehead atoms. The second kappa shape index (κ2) is 7.10. The molecule has 0 fully saturated rings. The molecule has 0 saturated heterocycles. The Hall–Kier alpha value is -3.26. The van der Waals surface area contributed by atoms with E-state index in [0.717, 1.165) is 12.2 Å². The van der Waals surface area contributed by atoms with E-state index in [9.17, 15) is 0 Å². The molecule has 0 saturated carbocycles. The smallest absolute Gasteiger partial charge is 0.0665 e. The van der Waals surface area contributed by atoms with Crippen LogP contribution < -0.4 is 10.0 Å². The van der Waals surface area contributed by atoms with Gasteiger partial charge in [0.1, 0.15) is 0 Å². The first kappa shape index (κ1) is 15.3. The monoisotopic (exact) mass is 324 g/mol. The van der Waals surface area contributed by atoms with Crippen LogP contribution in [0.5, 0.6) is 0 Å². The first-order valence-corrected chi connectivity index (χ1v) is 8.51. The van der Waals surface area contributed by atoms with Crippen LogP contribution in [-0.2, 0) is 0 Å². The summed E-state index contributed by atoms with van der Waals surface area (Å²) in [6.07, 6.45) is 6.58. The standard InChI is InChI=1S/C23H20N2/c1-4-10-20(11-5-1)16-17-21-18-24(22-12-6-2-7-13-22)25(19-21)23-14-8-3-9-15-23/h1-18H,19H2/b17-16+. The fourth-order valence-electron chi connectivity index (χ4n) is 2.99. The van der Waals surface area contributed by atoms with Gasteiger partial charge in [-0.2, -0.15) is 0 Å². The summed E-state index contributed by atoms with van der Waals surface area (Å²) in [5, 5.41) is 4.51. The van der Waals surface area contributed by atoms with Gasteiger partial charge in [0, 0.05) is 6.20 Å². The molecule has 1 heterocycles. The molecule has 4 rings (SSSR count). The molecule has 2 nitrogen and oxygen atoms in total. The molecule has 3 aromatic carbocycles. The highest BCUT2D eigenvalue weighted by atomic mass is 15.6. The lowest BCUT2D eigenvalue weighted by atomic mass is 10.1. The van der Waals surface area contributed by atoms with E-state index in [4.69, 9.17) is 0 Å². The Balaban J connectivity index is 1.64. The molecule has 0 radical (unpaired) electrons. The van der Waals surface area contributed by atoms with E-state index in [2.05, 4.69) is 107 Å². The molecule has 122 valence electrons. The van der Waals surface area contributed by atoms with Crippen molar-refractivity contribution in [1.29, 1.82) is 0 Å². The van der Waals surface area contributed by atoms with Crippen LogP contribution in [0.4, 0.5) is 11.4 Å². The molecule has 0 amide bonds. The average molecular weight is 324 g/mol. The van der Waals surface area contributed by atoms with Crippen molar-refractivity contribution in [2.75, 3.05) is 16.6 Å². The van der Waals surface area contributed by atoms with Gasteiger partial charge in [-0.25, -0.2) is 0 Å². The van der Waals surface area contributed by atoms with Crippen LogP contribution in [0.3, 0.4) is 0 Å². The molecule has 0 N–H and O–H groups in total. The largest absolute Gasteiger partial charge is 0.277 e. The van der Waals surface area contributed by atoms with Gasteiger partial charge in [-0.1, -0.05) is 78.9 Å². The molecule has 2 heteroatoms. The van der Waals surface area contributed by atoms with E-state index in [1.165, 1.54) is 16.8 Å². The van der Waals surface area contributed by atoms with Gasteiger partial charge in [0.15, 0.2) is 0 Å². The second-order valence-electron chi connectivity index (χ2n) is 6.02. The molecule has 1 aliphatic rings. The van der Waals surface area contributed by atoms with E-state index < -0.39 is 0 Å². The Labute approximate surface area is 148 Å². The summed E-state index contributed by atoms with van der Waals surface area (Å²) in [6, 6.07) is 31.4. The van der Waals surface area contributed by atoms with E-state index in [1.807, 2.05) is 12.1 Å². The maximum atomic E-state index is 2.29. The number of hydrazine groups is 1. The topological polar surface area (TPSA) is 6.48 Å². The van der Waals surface area contributed by atoms with Crippen LogP contribution in [0.15, 0.2) is 109 Å². The number of benzene rings is 3. The zero-order valence-electron chi connectivity index (χ0n) is 14.0. The van der Waals surface area contributed by atoms with Crippen LogP contribution in [0.2, 0.25) is 0 Å². The Morgan fingerprint density at radius 1 is 0.600 bits per heavy atom. The lowest BCUT2D eigenvalue weighted by Gasteiger charge is -2.30. The highest BCUT2D eigenvalue weighted by molar-refractivity contribution is 5.66. The highest BCUT2D eigenvalue weighted by Crippen LogP contribution is 2.29. The zero-order valence-corrected chi connectivity index (χ0v) is 14.0. The molecule has 3 aromatic rings. The van der Waals surface area contributed by atoms with Crippen molar-refractivity contribution < 1.29 is 0 Å². The minimum absolute atomic E-state index is 0.849. The van der Waals surface area contributed by atoms with Gasteiger partial charge < -0.3 is 0 Å². The molecule has 25 heavy (non-hydrogen) atoms. The van der Waals surface area contributed by atoms with E-state index in [-0.39, 0.29) is 0 Å². The molecule has 0 aliphatic carbocycles. The third kappa shape index (κ3) is 3.48. The van der Waals surface area contributed by atoms with Crippen LogP contribution in [0.1, 0.15) is 5.56 Å². The predicted octanol–water partition coefficient (Wildman–Crippen LogP) is 5.53. The molecular formula is C23H20N2. The van der Waals surface area contributed by atoms with Gasteiger partial charge >= 0.3 is 0 Å². The average Bonchev–Trinajstić information content (AvgIpc) is 3.13. The molecule has 0 unspecified atom stereocenters. The van der Waals surface area contributed by atoms with E-state index in [1.54, 1.807) is 0 Å². The Morgan fingerprint density at radius 3 is 1.80 bits per heavy atom. The lowest BCUT2D eigenvalue weighted by molar-refractivity contribution is 0.918. The third-order valence-corrected chi connectivity index (χ3v) is 4.24. The van der Waals surface area contributed by atoms with Gasteiger partial charge in [0.25, 0.3) is 0 Å². The van der Waals surface area contributed by atoms with Crippen molar-refractivity contribution in [3.8, 4) is 0 Å². The summed E-state index contributed by atoms with van der Waals surface area (Å²) >= 11 is 0. The van der Waals surface area contributed by atoms with Gasteiger partial charge in [0.2, 0.25) is 0 Å². The fraction of sp³-hybridized carbons (Fsp3) is 0.0435. The van der Waals surface area contributed by atoms with Crippen LogP contribution in [-0.4, -0.2) is 6.54 Å². The summed E-state index contributed by atoms with van der Waals surface area (Å²) in [6.45, 7) is 0.849. The van der Waals surface area contributed by atoms with Crippen molar-refractivity contribution in [3.63, 3.8) is 0 Å². The van der Waals surface area contributed by atoms with Crippen molar-refractivity contribution in [2.45, 2.75) is 0 Å². The number of hydrogen-bond donors (Lipinski definition) is 0. The first-order chi connectivity index (χ1) is 12.4. The maximum Gasteiger partial charge on any atom is 0.0665 e. The number of nitrogens with zero attached hydrogens (tertiary/aromatic N) is 2. The highest BCUT2D eigenvalue weighted by Gasteiger charge is 2.22. The molecule has 0 spiro atoms. The third-order valence-electron chi connectivity index (χ3n) is 4.24. The number of rotatable bonds is 4. The minimum atomic E-state index is 0.849. The van der Waals surface area contributed by atoms with E-state index in [0.29, 0.717) is 0 Å². The van der Waals surface area contributed by atoms with Gasteiger partial charge in [-0.05, 0) is 35.4 Å². The molecular weight excluding hydrogens is 304 g/mol. The van der Waals surface area contributed by atoms with Crippen LogP contribution in [0.25, 0.3) is 6.08 Å². The Bertz CT molecular complexity index is 868. The molecule has 0 atom stereocenters. The molecule has 0 aromatic heterocycles. The maximum absolute atomic E-state index is 2.29. The van der Waals surface area contributed by atoms with Crippen molar-refractivity contribution in [2.24, 2.45) is 0 Å². The minimum Gasteiger partial charge on any atom is -0.277 e. The summed E-state index contributed by atoms with van der Waals surface area (Å²) in [7, 11) is 0. The number of hydrogen-bond acceptors (Lipinski definition) is 2. The van der Waals surface area contributed by atoms with Crippen molar-refractivity contribution in [1.82, 2.24) is 0 Å². The van der Waals surface area contributed by atoms with Crippen molar-refractivity contribution >= 4 is 17.5 Å². The van der Waals surface area contributed by atoms with Gasteiger partial charge in [-0.15, -0.1) is 0 Å². The summed E-state index contributed by atoms with van der Waals surface area (Å²) in [5.41, 5.74) is 4.84. The Kier molecular flexibility index (Phi) is 4.34. The number of anilines is 2. The quantitative estimate of drug-likeness (QED) is 0.623. The number of para-hydroxylation sites is 2. The summed E-state index contributed by atoms with van der Waals surface area (Å²) < 4.78 is 0. The van der Waals surface area contributed by atoms with Gasteiger partial charge in [-0.3, -0.25) is 10.0 Å². The SMILES string of the molecule is C1=C(/C=C/c2ccccc2)CN(c2ccccc2)N1c1ccccc1. The zero-order chi connectivity index (χ0) is 16.9.